The molecule has 1 aromatic carbocycles. The van der Waals surface area contributed by atoms with Crippen LogP contribution in [0.4, 0.5) is 0 Å². The molecule has 2 rings (SSSR count). The van der Waals surface area contributed by atoms with Gasteiger partial charge in [-0.1, -0.05) is 0 Å². The number of hydrogen-bond acceptors (Lipinski definition) is 10. The van der Waals surface area contributed by atoms with Crippen molar-refractivity contribution in [2.24, 2.45) is 0 Å². The van der Waals surface area contributed by atoms with E-state index in [-0.39, 0.29) is 69.4 Å². The van der Waals surface area contributed by atoms with Crippen LogP contribution < -0.4 is 4.72 Å². The number of carboxylic acid groups (broad SMARTS) is 4. The van der Waals surface area contributed by atoms with Gasteiger partial charge in [0.15, 0.2) is 0 Å². The summed E-state index contributed by atoms with van der Waals surface area (Å²) in [5.74, 6) is -4.28. The highest BCUT2D eigenvalue weighted by Crippen LogP contribution is 2.10. The molecule has 15 nitrogen and oxygen atoms in total. The molecule has 39 heavy (non-hydrogen) atoms. The molecule has 1 aromatic rings. The van der Waals surface area contributed by atoms with Gasteiger partial charge in [0.1, 0.15) is 0 Å². The molecule has 218 valence electrons. The monoisotopic (exact) mass is 573 g/mol. The predicted octanol–water partition coefficient (Wildman–Crippen LogP) is -1.86. The smallest absolute Gasteiger partial charge is 0.335 e. The Morgan fingerprint density at radius 2 is 1.00 bits per heavy atom. The van der Waals surface area contributed by atoms with Crippen LogP contribution in [0, 0.1) is 0 Å². The number of carboxylic acids is 4. The lowest BCUT2D eigenvalue weighted by atomic mass is 10.2. The number of nitrogens with one attached hydrogen (secondary N) is 1. The maximum atomic E-state index is 12.6. The van der Waals surface area contributed by atoms with Crippen molar-refractivity contribution < 1.29 is 48.0 Å². The lowest BCUT2D eigenvalue weighted by molar-refractivity contribution is -0.140. The number of nitrogens with zero attached hydrogens (tertiary/aromatic N) is 4. The van der Waals surface area contributed by atoms with E-state index < -0.39 is 33.9 Å². The Labute approximate surface area is 226 Å². The van der Waals surface area contributed by atoms with Gasteiger partial charge in [-0.2, -0.15) is 0 Å². The van der Waals surface area contributed by atoms with Crippen LogP contribution in [-0.4, -0.2) is 157 Å². The highest BCUT2D eigenvalue weighted by Gasteiger charge is 2.21. The van der Waals surface area contributed by atoms with Gasteiger partial charge in [-0.3, -0.25) is 34.0 Å². The largest absolute Gasteiger partial charge is 0.480 e. The van der Waals surface area contributed by atoms with Gasteiger partial charge in [0.25, 0.3) is 0 Å². The molecule has 1 saturated heterocycles. The summed E-state index contributed by atoms with van der Waals surface area (Å²) in [6, 6.07) is 4.78. The molecule has 0 atom stereocenters. The van der Waals surface area contributed by atoms with Crippen LogP contribution in [0.15, 0.2) is 29.2 Å². The van der Waals surface area contributed by atoms with Crippen molar-refractivity contribution >= 4 is 33.9 Å². The summed E-state index contributed by atoms with van der Waals surface area (Å²) in [6.45, 7) is 1.98. The predicted molar refractivity (Wildman–Crippen MR) is 137 cm³/mol. The number of hydrogen-bond donors (Lipinski definition) is 5. The lowest BCUT2D eigenvalue weighted by Crippen LogP contribution is -2.49. The molecular formula is C23H35N5O10S. The Morgan fingerprint density at radius 1 is 0.641 bits per heavy atom. The van der Waals surface area contributed by atoms with Crippen LogP contribution >= 0.6 is 0 Å². The van der Waals surface area contributed by atoms with E-state index in [1.807, 2.05) is 4.90 Å². The van der Waals surface area contributed by atoms with E-state index in [2.05, 4.69) is 4.72 Å². The lowest BCUT2D eigenvalue weighted by Gasteiger charge is -2.33. The van der Waals surface area contributed by atoms with Crippen LogP contribution in [0.1, 0.15) is 10.4 Å². The van der Waals surface area contributed by atoms with Crippen molar-refractivity contribution in [3.63, 3.8) is 0 Å². The summed E-state index contributed by atoms with van der Waals surface area (Å²) in [6.07, 6.45) is 0. The summed E-state index contributed by atoms with van der Waals surface area (Å²) in [7, 11) is -3.91. The van der Waals surface area contributed by atoms with Crippen LogP contribution in [-0.2, 0) is 24.4 Å². The number of benzene rings is 1. The molecule has 1 aliphatic heterocycles. The minimum atomic E-state index is -3.91. The fourth-order valence-electron chi connectivity index (χ4n) is 4.05. The molecule has 0 radical (unpaired) electrons. The van der Waals surface area contributed by atoms with Gasteiger partial charge >= 0.3 is 23.9 Å². The number of aliphatic carboxylic acids is 3. The topological polar surface area (TPSA) is 208 Å². The molecule has 1 fully saturated rings. The number of sulfonamides is 1. The van der Waals surface area contributed by atoms with Crippen LogP contribution in [0.2, 0.25) is 0 Å². The zero-order valence-corrected chi connectivity index (χ0v) is 22.3. The van der Waals surface area contributed by atoms with E-state index in [4.69, 9.17) is 5.11 Å². The SMILES string of the molecule is O=C(O)CN1CCN(CCNS(=O)(=O)c2ccc(C(=O)O)cc2)CCN(CC(=O)O)CCN(CC(=O)O)CC1. The van der Waals surface area contributed by atoms with Gasteiger partial charge in [-0.05, 0) is 24.3 Å². The summed E-state index contributed by atoms with van der Waals surface area (Å²) < 4.78 is 27.8. The average Bonchev–Trinajstić information content (AvgIpc) is 2.84. The van der Waals surface area contributed by atoms with Gasteiger partial charge in [0.2, 0.25) is 10.0 Å². The summed E-state index contributed by atoms with van der Waals surface area (Å²) in [4.78, 5) is 51.8. The molecule has 0 amide bonds. The summed E-state index contributed by atoms with van der Waals surface area (Å²) in [5.41, 5.74) is -0.0452. The third kappa shape index (κ3) is 12.1. The van der Waals surface area contributed by atoms with E-state index >= 15 is 0 Å². The minimum absolute atomic E-state index is 0.00721. The van der Waals surface area contributed by atoms with Crippen LogP contribution in [0.3, 0.4) is 0 Å². The van der Waals surface area contributed by atoms with Crippen molar-refractivity contribution in [1.82, 2.24) is 24.3 Å². The molecule has 0 saturated carbocycles. The van der Waals surface area contributed by atoms with Gasteiger partial charge in [0, 0.05) is 65.4 Å². The van der Waals surface area contributed by atoms with Gasteiger partial charge in [-0.15, -0.1) is 0 Å². The standard InChI is InChI=1S/C23H35N5O10S/c29-20(30)15-26-9-7-25(6-5-24-39(37,38)19-3-1-18(2-4-19)23(35)36)8-10-27(16-21(31)32)12-14-28(13-11-26)17-22(33)34/h1-4,24H,5-17H2,(H,29,30)(H,31,32)(H,33,34)(H,35,36). The highest BCUT2D eigenvalue weighted by atomic mass is 32.2. The molecular weight excluding hydrogens is 538 g/mol. The normalized spacial score (nSPS) is 17.6. The summed E-state index contributed by atoms with van der Waals surface area (Å²) in [5, 5.41) is 36.8. The van der Waals surface area contributed by atoms with Crippen molar-refractivity contribution in [1.29, 1.82) is 0 Å². The van der Waals surface area contributed by atoms with Crippen LogP contribution in [0.25, 0.3) is 0 Å². The third-order valence-electron chi connectivity index (χ3n) is 6.14. The van der Waals surface area contributed by atoms with Gasteiger partial charge in [-0.25, -0.2) is 17.9 Å². The molecule has 0 spiro atoms. The Kier molecular flexibility index (Phi) is 12.7. The first-order chi connectivity index (χ1) is 18.4. The van der Waals surface area contributed by atoms with Crippen molar-refractivity contribution in [2.75, 3.05) is 85.1 Å². The quantitative estimate of drug-likeness (QED) is 0.186. The first-order valence-corrected chi connectivity index (χ1v) is 13.7. The minimum Gasteiger partial charge on any atom is -0.480 e. The zero-order chi connectivity index (χ0) is 29.0. The van der Waals surface area contributed by atoms with E-state index in [0.717, 1.165) is 0 Å². The Morgan fingerprint density at radius 3 is 1.33 bits per heavy atom. The zero-order valence-electron chi connectivity index (χ0n) is 21.4. The first kappa shape index (κ1) is 32.1. The fraction of sp³-hybridized carbons (Fsp3) is 0.565. The second kappa shape index (κ2) is 15.4. The van der Waals surface area contributed by atoms with E-state index in [9.17, 15) is 42.9 Å². The number of carbonyl (C=O) groups is 4. The molecule has 0 aliphatic carbocycles. The molecule has 5 N–H and O–H groups in total. The molecule has 1 aliphatic rings. The van der Waals surface area contributed by atoms with E-state index in [1.54, 1.807) is 14.7 Å². The average molecular weight is 574 g/mol. The van der Waals surface area contributed by atoms with E-state index in [1.165, 1.54) is 24.3 Å². The second-order valence-electron chi connectivity index (χ2n) is 9.08. The van der Waals surface area contributed by atoms with Crippen LogP contribution in [0.5, 0.6) is 0 Å². The maximum Gasteiger partial charge on any atom is 0.335 e. The van der Waals surface area contributed by atoms with E-state index in [0.29, 0.717) is 26.2 Å². The molecule has 0 bridgehead atoms. The summed E-state index contributed by atoms with van der Waals surface area (Å²) >= 11 is 0. The highest BCUT2D eigenvalue weighted by molar-refractivity contribution is 7.89. The fourth-order valence-corrected chi connectivity index (χ4v) is 5.07. The Hall–Kier alpha value is -3.15. The molecule has 16 heteroatoms. The second-order valence-corrected chi connectivity index (χ2v) is 10.8. The first-order valence-electron chi connectivity index (χ1n) is 12.2. The van der Waals surface area contributed by atoms with Gasteiger partial charge < -0.3 is 20.4 Å². The van der Waals surface area contributed by atoms with Crippen molar-refractivity contribution in [3.8, 4) is 0 Å². The number of aromatic carboxylic acids is 1. The number of rotatable bonds is 12. The Bertz CT molecular complexity index is 1070. The molecule has 1 heterocycles. The Balaban J connectivity index is 2.09. The van der Waals surface area contributed by atoms with Crippen molar-refractivity contribution in [2.45, 2.75) is 4.90 Å². The third-order valence-corrected chi connectivity index (χ3v) is 7.62. The van der Waals surface area contributed by atoms with Gasteiger partial charge in [0.05, 0.1) is 30.1 Å². The molecule has 0 unspecified atom stereocenters. The maximum absolute atomic E-state index is 12.6. The van der Waals surface area contributed by atoms with Crippen molar-refractivity contribution in [3.05, 3.63) is 29.8 Å². The molecule has 0 aromatic heterocycles.